The summed E-state index contributed by atoms with van der Waals surface area (Å²) in [5, 5.41) is 2.64. The van der Waals surface area contributed by atoms with Crippen molar-refractivity contribution in [3.05, 3.63) is 0 Å². The van der Waals surface area contributed by atoms with Crippen LogP contribution in [0.3, 0.4) is 0 Å². The molecule has 0 saturated heterocycles. The molecular weight excluding hydrogens is 138 g/mol. The van der Waals surface area contributed by atoms with E-state index in [1.165, 1.54) is 0 Å². The predicted molar refractivity (Wildman–Crippen MR) is 44.5 cm³/mol. The summed E-state index contributed by atoms with van der Waals surface area (Å²) >= 11 is 0. The maximum Gasteiger partial charge on any atom is 0.220 e. The summed E-state index contributed by atoms with van der Waals surface area (Å²) in [6.45, 7) is 0.542. The Balaban J connectivity index is 3.26. The van der Waals surface area contributed by atoms with E-state index in [9.17, 15) is 4.79 Å². The first-order valence-electron chi connectivity index (χ1n) is 3.45. The molecule has 0 heterocycles. The van der Waals surface area contributed by atoms with Crippen LogP contribution in [0.5, 0.6) is 0 Å². The van der Waals surface area contributed by atoms with Crippen molar-refractivity contribution in [1.82, 2.24) is 5.32 Å². The Morgan fingerprint density at radius 1 is 1.27 bits per heavy atom. The summed E-state index contributed by atoms with van der Waals surface area (Å²) in [7, 11) is 0. The van der Waals surface area contributed by atoms with Crippen LogP contribution >= 0.6 is 0 Å². The van der Waals surface area contributed by atoms with Crippen molar-refractivity contribution in [2.75, 3.05) is 6.54 Å². The summed E-state index contributed by atoms with van der Waals surface area (Å²) in [5.41, 5.74) is 0. The lowest BCUT2D eigenvalue weighted by Crippen LogP contribution is -2.23. The van der Waals surface area contributed by atoms with Gasteiger partial charge in [0, 0.05) is 25.8 Å². The highest BCUT2D eigenvalue weighted by Crippen LogP contribution is 1.85. The van der Waals surface area contributed by atoms with E-state index in [4.69, 9.17) is 12.8 Å². The zero-order valence-corrected chi connectivity index (χ0v) is 6.39. The van der Waals surface area contributed by atoms with Crippen molar-refractivity contribution in [3.8, 4) is 24.7 Å². The van der Waals surface area contributed by atoms with Crippen molar-refractivity contribution in [2.45, 2.75) is 19.3 Å². The molecule has 0 aromatic rings. The molecule has 0 aliphatic heterocycles. The smallest absolute Gasteiger partial charge is 0.220 e. The quantitative estimate of drug-likeness (QED) is 0.458. The number of amides is 1. The summed E-state index contributed by atoms with van der Waals surface area (Å²) in [4.78, 5) is 10.8. The Morgan fingerprint density at radius 2 is 1.91 bits per heavy atom. The SMILES string of the molecule is C#CCCNC(=O)CCC#C. The third-order valence-corrected chi connectivity index (χ3v) is 1.09. The number of rotatable bonds is 4. The highest BCUT2D eigenvalue weighted by molar-refractivity contribution is 5.76. The molecule has 0 rings (SSSR count). The van der Waals surface area contributed by atoms with Crippen molar-refractivity contribution < 1.29 is 4.79 Å². The van der Waals surface area contributed by atoms with Gasteiger partial charge in [-0.15, -0.1) is 24.7 Å². The molecular formula is C9H11NO. The average molecular weight is 149 g/mol. The third-order valence-electron chi connectivity index (χ3n) is 1.09. The number of hydrogen-bond acceptors (Lipinski definition) is 1. The van der Waals surface area contributed by atoms with Gasteiger partial charge in [-0.2, -0.15) is 0 Å². The lowest BCUT2D eigenvalue weighted by Gasteiger charge is -1.98. The lowest BCUT2D eigenvalue weighted by atomic mass is 10.3. The van der Waals surface area contributed by atoms with Gasteiger partial charge in [0.05, 0.1) is 0 Å². The first-order chi connectivity index (χ1) is 5.31. The van der Waals surface area contributed by atoms with E-state index < -0.39 is 0 Å². The number of carbonyl (C=O) groups excluding carboxylic acids is 1. The first kappa shape index (κ1) is 9.59. The van der Waals surface area contributed by atoms with E-state index in [1.807, 2.05) is 0 Å². The van der Waals surface area contributed by atoms with E-state index in [0.717, 1.165) is 0 Å². The molecule has 0 bridgehead atoms. The van der Waals surface area contributed by atoms with E-state index in [1.54, 1.807) is 0 Å². The van der Waals surface area contributed by atoms with Crippen molar-refractivity contribution in [2.24, 2.45) is 0 Å². The molecule has 58 valence electrons. The average Bonchev–Trinajstić information content (AvgIpc) is 2.01. The summed E-state index contributed by atoms with van der Waals surface area (Å²) < 4.78 is 0. The third kappa shape index (κ3) is 6.48. The number of nitrogens with one attached hydrogen (secondary N) is 1. The molecule has 0 atom stereocenters. The summed E-state index contributed by atoms with van der Waals surface area (Å²) in [6, 6.07) is 0. The molecule has 2 nitrogen and oxygen atoms in total. The fourth-order valence-corrected chi connectivity index (χ4v) is 0.548. The molecule has 1 N–H and O–H groups in total. The van der Waals surface area contributed by atoms with Gasteiger partial charge in [-0.05, 0) is 0 Å². The van der Waals surface area contributed by atoms with Gasteiger partial charge < -0.3 is 5.32 Å². The first-order valence-corrected chi connectivity index (χ1v) is 3.45. The molecule has 0 aliphatic rings. The Bertz CT molecular complexity index is 195. The summed E-state index contributed by atoms with van der Waals surface area (Å²) in [5.74, 6) is 4.78. The van der Waals surface area contributed by atoms with Gasteiger partial charge in [-0.3, -0.25) is 4.79 Å². The van der Waals surface area contributed by atoms with Gasteiger partial charge in [-0.1, -0.05) is 0 Å². The molecule has 0 aliphatic carbocycles. The monoisotopic (exact) mass is 149 g/mol. The number of terminal acetylenes is 2. The zero-order chi connectivity index (χ0) is 8.53. The molecule has 2 heteroatoms. The Labute approximate surface area is 67.4 Å². The highest BCUT2D eigenvalue weighted by Gasteiger charge is 1.96. The normalized spacial score (nSPS) is 7.82. The highest BCUT2D eigenvalue weighted by atomic mass is 16.1. The van der Waals surface area contributed by atoms with Gasteiger partial charge in [-0.25, -0.2) is 0 Å². The fourth-order valence-electron chi connectivity index (χ4n) is 0.548. The minimum absolute atomic E-state index is 0.0294. The van der Waals surface area contributed by atoms with Gasteiger partial charge in [0.2, 0.25) is 5.91 Å². The van der Waals surface area contributed by atoms with Crippen molar-refractivity contribution in [1.29, 1.82) is 0 Å². The van der Waals surface area contributed by atoms with E-state index in [-0.39, 0.29) is 5.91 Å². The second-order valence-corrected chi connectivity index (χ2v) is 2.01. The van der Waals surface area contributed by atoms with Crippen LogP contribution in [-0.4, -0.2) is 12.5 Å². The molecule has 0 fully saturated rings. The number of carbonyl (C=O) groups is 1. The van der Waals surface area contributed by atoms with Gasteiger partial charge in [0.15, 0.2) is 0 Å². The maximum atomic E-state index is 10.8. The summed E-state index contributed by atoms with van der Waals surface area (Å²) in [6.07, 6.45) is 11.4. The lowest BCUT2D eigenvalue weighted by molar-refractivity contribution is -0.120. The molecule has 1 amide bonds. The van der Waals surface area contributed by atoms with Gasteiger partial charge >= 0.3 is 0 Å². The largest absolute Gasteiger partial charge is 0.355 e. The second-order valence-electron chi connectivity index (χ2n) is 2.01. The van der Waals surface area contributed by atoms with Crippen LogP contribution in [0.15, 0.2) is 0 Å². The topological polar surface area (TPSA) is 29.1 Å². The van der Waals surface area contributed by atoms with Crippen molar-refractivity contribution >= 4 is 5.91 Å². The van der Waals surface area contributed by atoms with Crippen LogP contribution in [-0.2, 0) is 4.79 Å². The minimum atomic E-state index is -0.0294. The van der Waals surface area contributed by atoms with Crippen LogP contribution in [0.25, 0.3) is 0 Å². The molecule has 11 heavy (non-hydrogen) atoms. The van der Waals surface area contributed by atoms with E-state index in [2.05, 4.69) is 17.2 Å². The van der Waals surface area contributed by atoms with Crippen LogP contribution in [0.4, 0.5) is 0 Å². The van der Waals surface area contributed by atoms with E-state index >= 15 is 0 Å². The fraction of sp³-hybridized carbons (Fsp3) is 0.444. The molecule has 0 aromatic heterocycles. The zero-order valence-electron chi connectivity index (χ0n) is 6.39. The Morgan fingerprint density at radius 3 is 2.45 bits per heavy atom. The molecule has 0 radical (unpaired) electrons. The van der Waals surface area contributed by atoms with E-state index in [0.29, 0.717) is 25.8 Å². The molecule has 0 aromatic carbocycles. The standard InChI is InChI=1S/C9H11NO/c1-3-5-7-9(11)10-8-6-4-2/h1-2H,5-8H2,(H,10,11). The Hall–Kier alpha value is -1.41. The van der Waals surface area contributed by atoms with Gasteiger partial charge in [0.25, 0.3) is 0 Å². The maximum absolute atomic E-state index is 10.8. The van der Waals surface area contributed by atoms with Crippen LogP contribution < -0.4 is 5.32 Å². The molecule has 0 unspecified atom stereocenters. The molecule has 0 saturated carbocycles. The second kappa shape index (κ2) is 6.71. The van der Waals surface area contributed by atoms with Crippen LogP contribution in [0.1, 0.15) is 19.3 Å². The van der Waals surface area contributed by atoms with Gasteiger partial charge in [0.1, 0.15) is 0 Å². The van der Waals surface area contributed by atoms with Crippen LogP contribution in [0.2, 0.25) is 0 Å². The van der Waals surface area contributed by atoms with Crippen LogP contribution in [0, 0.1) is 24.7 Å². The minimum Gasteiger partial charge on any atom is -0.355 e. The Kier molecular flexibility index (Phi) is 5.85. The molecule has 0 spiro atoms. The predicted octanol–water partition coefficient (Wildman–Crippen LogP) is 0.539. The number of hydrogen-bond donors (Lipinski definition) is 1. The van der Waals surface area contributed by atoms with Crippen molar-refractivity contribution in [3.63, 3.8) is 0 Å².